The standard InChI is InChI=1S/C28H33N7O2/c1-28(2,3)23-6-5-7-24(31-23)35-25-22(26(37)34(35)20-10-11-20)14-29-27(32-25)30-19-9-8-17-15-33(4)21(16-36)13-18(17)12-19/h5-9,12,14,20-21,36H,10-11,13,15-16H2,1-4H3,(H,29,30,32). The summed E-state index contributed by atoms with van der Waals surface area (Å²) in [6.45, 7) is 7.33. The number of aliphatic hydroxyl groups is 1. The number of likely N-dealkylation sites (N-methyl/N-ethyl adjacent to an activating group) is 1. The summed E-state index contributed by atoms with van der Waals surface area (Å²) in [4.78, 5) is 29.8. The van der Waals surface area contributed by atoms with Gasteiger partial charge < -0.3 is 10.4 Å². The van der Waals surface area contributed by atoms with Gasteiger partial charge in [0.1, 0.15) is 5.39 Å². The lowest BCUT2D eigenvalue weighted by Crippen LogP contribution is -2.39. The van der Waals surface area contributed by atoms with Crippen LogP contribution in [-0.4, -0.2) is 54.0 Å². The van der Waals surface area contributed by atoms with Gasteiger partial charge in [-0.3, -0.25) is 9.69 Å². The molecule has 0 amide bonds. The zero-order valence-electron chi connectivity index (χ0n) is 21.8. The molecule has 4 heterocycles. The van der Waals surface area contributed by atoms with Crippen molar-refractivity contribution in [2.24, 2.45) is 0 Å². The lowest BCUT2D eigenvalue weighted by molar-refractivity contribution is 0.131. The van der Waals surface area contributed by atoms with Crippen molar-refractivity contribution in [2.45, 2.75) is 64.1 Å². The number of hydrogen-bond acceptors (Lipinski definition) is 7. The summed E-state index contributed by atoms with van der Waals surface area (Å²) in [7, 11) is 2.04. The summed E-state index contributed by atoms with van der Waals surface area (Å²) < 4.78 is 3.66. The molecule has 0 saturated heterocycles. The van der Waals surface area contributed by atoms with Gasteiger partial charge in [0.15, 0.2) is 11.5 Å². The highest BCUT2D eigenvalue weighted by molar-refractivity contribution is 5.77. The van der Waals surface area contributed by atoms with Crippen LogP contribution >= 0.6 is 0 Å². The normalized spacial score (nSPS) is 18.2. The predicted octanol–water partition coefficient (Wildman–Crippen LogP) is 3.70. The van der Waals surface area contributed by atoms with Crippen molar-refractivity contribution in [1.29, 1.82) is 0 Å². The van der Waals surface area contributed by atoms with Crippen molar-refractivity contribution >= 4 is 22.7 Å². The second-order valence-electron chi connectivity index (χ2n) is 11.3. The van der Waals surface area contributed by atoms with Crippen LogP contribution in [0, 0.1) is 0 Å². The van der Waals surface area contributed by atoms with E-state index in [9.17, 15) is 9.90 Å². The van der Waals surface area contributed by atoms with Gasteiger partial charge in [-0.1, -0.05) is 32.9 Å². The Morgan fingerprint density at radius 3 is 2.65 bits per heavy atom. The molecule has 9 heteroatoms. The zero-order valence-corrected chi connectivity index (χ0v) is 21.8. The molecule has 9 nitrogen and oxygen atoms in total. The van der Waals surface area contributed by atoms with E-state index in [2.05, 4.69) is 48.1 Å². The first kappa shape index (κ1) is 23.8. The van der Waals surface area contributed by atoms with Gasteiger partial charge in [-0.2, -0.15) is 4.98 Å². The second kappa shape index (κ2) is 8.78. The third kappa shape index (κ3) is 4.32. The van der Waals surface area contributed by atoms with Gasteiger partial charge in [0.25, 0.3) is 5.56 Å². The van der Waals surface area contributed by atoms with Crippen molar-refractivity contribution in [3.8, 4) is 5.82 Å². The first-order chi connectivity index (χ1) is 17.7. The van der Waals surface area contributed by atoms with E-state index < -0.39 is 0 Å². The van der Waals surface area contributed by atoms with Crippen molar-refractivity contribution in [1.82, 2.24) is 29.2 Å². The lowest BCUT2D eigenvalue weighted by Gasteiger charge is -2.33. The zero-order chi connectivity index (χ0) is 25.9. The Morgan fingerprint density at radius 1 is 1.11 bits per heavy atom. The minimum absolute atomic E-state index is 0.0834. The Hall–Kier alpha value is -3.56. The van der Waals surface area contributed by atoms with Gasteiger partial charge in [-0.05, 0) is 61.7 Å². The third-order valence-electron chi connectivity index (χ3n) is 7.41. The van der Waals surface area contributed by atoms with Crippen LogP contribution in [0.15, 0.2) is 47.4 Å². The summed E-state index contributed by atoms with van der Waals surface area (Å²) >= 11 is 0. The fourth-order valence-corrected chi connectivity index (χ4v) is 5.08. The van der Waals surface area contributed by atoms with Gasteiger partial charge >= 0.3 is 0 Å². The Morgan fingerprint density at radius 2 is 1.92 bits per heavy atom. The maximum Gasteiger partial charge on any atom is 0.278 e. The molecule has 1 fully saturated rings. The topological polar surface area (TPSA) is 101 Å². The van der Waals surface area contributed by atoms with Crippen LogP contribution in [0.2, 0.25) is 0 Å². The molecule has 1 aromatic carbocycles. The molecule has 6 rings (SSSR count). The summed E-state index contributed by atoms with van der Waals surface area (Å²) in [5.41, 5.74) is 4.64. The Kier molecular flexibility index (Phi) is 5.65. The summed E-state index contributed by atoms with van der Waals surface area (Å²) in [5.74, 6) is 1.11. The SMILES string of the molecule is CN1Cc2ccc(Nc3ncc4c(=O)n(C5CC5)n(-c5cccc(C(C)(C)C)n5)c4n3)cc2CC1CO. The van der Waals surface area contributed by atoms with E-state index in [4.69, 9.17) is 9.97 Å². The monoisotopic (exact) mass is 499 g/mol. The van der Waals surface area contributed by atoms with E-state index in [1.54, 1.807) is 10.9 Å². The minimum Gasteiger partial charge on any atom is -0.395 e. The van der Waals surface area contributed by atoms with Crippen LogP contribution < -0.4 is 10.9 Å². The predicted molar refractivity (Wildman–Crippen MR) is 144 cm³/mol. The number of hydrogen-bond donors (Lipinski definition) is 2. The van der Waals surface area contributed by atoms with E-state index in [0.29, 0.717) is 22.8 Å². The number of anilines is 2. The van der Waals surface area contributed by atoms with E-state index >= 15 is 0 Å². The van der Waals surface area contributed by atoms with E-state index in [1.807, 2.05) is 36.0 Å². The highest BCUT2D eigenvalue weighted by atomic mass is 16.3. The molecular weight excluding hydrogens is 466 g/mol. The van der Waals surface area contributed by atoms with E-state index in [1.165, 1.54) is 11.1 Å². The lowest BCUT2D eigenvalue weighted by atomic mass is 9.92. The quantitative estimate of drug-likeness (QED) is 0.432. The number of pyridine rings is 1. The molecule has 4 aromatic rings. The molecule has 1 atom stereocenters. The molecule has 0 bridgehead atoms. The van der Waals surface area contributed by atoms with Crippen LogP contribution in [0.25, 0.3) is 16.9 Å². The smallest absolute Gasteiger partial charge is 0.278 e. The molecule has 2 N–H and O–H groups in total. The number of nitrogens with zero attached hydrogens (tertiary/aromatic N) is 6. The Labute approximate surface area is 215 Å². The van der Waals surface area contributed by atoms with Gasteiger partial charge in [-0.15, -0.1) is 0 Å². The van der Waals surface area contributed by atoms with Crippen LogP contribution in [-0.2, 0) is 18.4 Å². The number of rotatable bonds is 5. The molecular formula is C28H33N7O2. The molecule has 3 aromatic heterocycles. The van der Waals surface area contributed by atoms with Gasteiger partial charge in [0.2, 0.25) is 5.95 Å². The maximum absolute atomic E-state index is 13.4. The minimum atomic E-state index is -0.123. The molecule has 0 radical (unpaired) electrons. The molecule has 37 heavy (non-hydrogen) atoms. The van der Waals surface area contributed by atoms with Gasteiger partial charge in [0, 0.05) is 35.6 Å². The molecule has 1 unspecified atom stereocenters. The maximum atomic E-state index is 13.4. The first-order valence-electron chi connectivity index (χ1n) is 12.9. The largest absolute Gasteiger partial charge is 0.395 e. The third-order valence-corrected chi connectivity index (χ3v) is 7.41. The number of fused-ring (bicyclic) bond motifs is 2. The first-order valence-corrected chi connectivity index (χ1v) is 12.9. The molecule has 192 valence electrons. The van der Waals surface area contributed by atoms with Crippen molar-refractivity contribution in [3.05, 3.63) is 69.8 Å². The van der Waals surface area contributed by atoms with Crippen LogP contribution in [0.4, 0.5) is 11.6 Å². The summed E-state index contributed by atoms with van der Waals surface area (Å²) in [6, 6.07) is 12.4. The molecule has 2 aliphatic rings. The van der Waals surface area contributed by atoms with Gasteiger partial charge in [-0.25, -0.2) is 19.3 Å². The highest BCUT2D eigenvalue weighted by Crippen LogP contribution is 2.36. The van der Waals surface area contributed by atoms with Crippen molar-refractivity contribution in [2.75, 3.05) is 19.0 Å². The number of benzene rings is 1. The summed E-state index contributed by atoms with van der Waals surface area (Å²) in [6.07, 6.45) is 4.34. The van der Waals surface area contributed by atoms with Crippen LogP contribution in [0.5, 0.6) is 0 Å². The molecule has 1 saturated carbocycles. The average Bonchev–Trinajstić information content (AvgIpc) is 3.67. The van der Waals surface area contributed by atoms with Crippen molar-refractivity contribution < 1.29 is 5.11 Å². The van der Waals surface area contributed by atoms with E-state index in [0.717, 1.165) is 37.2 Å². The highest BCUT2D eigenvalue weighted by Gasteiger charge is 2.31. The summed E-state index contributed by atoms with van der Waals surface area (Å²) in [5, 5.41) is 13.5. The fraction of sp³-hybridized carbons (Fsp3) is 0.429. The number of aliphatic hydroxyl groups excluding tert-OH is 1. The number of nitrogens with one attached hydrogen (secondary N) is 1. The fourth-order valence-electron chi connectivity index (χ4n) is 5.08. The van der Waals surface area contributed by atoms with Gasteiger partial charge in [0.05, 0.1) is 12.6 Å². The molecule has 0 spiro atoms. The molecule has 1 aliphatic carbocycles. The van der Waals surface area contributed by atoms with Crippen molar-refractivity contribution in [3.63, 3.8) is 0 Å². The Bertz CT molecular complexity index is 1540. The molecule has 1 aliphatic heterocycles. The van der Waals surface area contributed by atoms with Crippen LogP contribution in [0.3, 0.4) is 0 Å². The average molecular weight is 500 g/mol. The second-order valence-corrected chi connectivity index (χ2v) is 11.3. The van der Waals surface area contributed by atoms with Crippen LogP contribution in [0.1, 0.15) is 56.5 Å². The van der Waals surface area contributed by atoms with E-state index in [-0.39, 0.29) is 29.7 Å². The number of aromatic nitrogens is 5. The Balaban J connectivity index is 1.41.